The summed E-state index contributed by atoms with van der Waals surface area (Å²) in [4.78, 5) is 0.880. The first-order chi connectivity index (χ1) is 9.36. The molecule has 0 unspecified atom stereocenters. The summed E-state index contributed by atoms with van der Waals surface area (Å²) >= 11 is 10.6. The number of sulfonamides is 1. The van der Waals surface area contributed by atoms with Gasteiger partial charge in [-0.1, -0.05) is 17.7 Å². The maximum atomic E-state index is 12.5. The van der Waals surface area contributed by atoms with Crippen LogP contribution in [0.2, 0.25) is 5.02 Å². The molecule has 20 heavy (non-hydrogen) atoms. The van der Waals surface area contributed by atoms with Crippen molar-refractivity contribution < 1.29 is 8.42 Å². The van der Waals surface area contributed by atoms with Crippen molar-refractivity contribution in [1.29, 1.82) is 0 Å². The third kappa shape index (κ3) is 3.01. The van der Waals surface area contributed by atoms with E-state index in [4.69, 9.17) is 17.3 Å². The summed E-state index contributed by atoms with van der Waals surface area (Å²) in [6, 6.07) is 4.98. The van der Waals surface area contributed by atoms with E-state index in [1.807, 2.05) is 0 Å². The Balaban J connectivity index is 2.46. The lowest BCUT2D eigenvalue weighted by molar-refractivity contribution is 0.600. The molecule has 0 aliphatic carbocycles. The summed E-state index contributed by atoms with van der Waals surface area (Å²) in [7, 11) is -3.69. The molecule has 3 N–H and O–H groups in total. The van der Waals surface area contributed by atoms with Gasteiger partial charge in [-0.3, -0.25) is 4.72 Å². The highest BCUT2D eigenvalue weighted by molar-refractivity contribution is 9.10. The fraction of sp³-hybridized carbons (Fsp3) is 0.167. The second-order valence-corrected chi connectivity index (χ2v) is 7.87. The monoisotopic (exact) mass is 394 g/mol. The Bertz CT molecular complexity index is 744. The Morgan fingerprint density at radius 3 is 2.80 bits per heavy atom. The molecule has 0 spiro atoms. The van der Waals surface area contributed by atoms with Gasteiger partial charge in [-0.15, -0.1) is 11.3 Å². The normalized spacial score (nSPS) is 11.6. The van der Waals surface area contributed by atoms with Crippen LogP contribution in [0.5, 0.6) is 0 Å². The summed E-state index contributed by atoms with van der Waals surface area (Å²) in [5, 5.41) is 2.22. The predicted molar refractivity (Wildman–Crippen MR) is 86.9 cm³/mol. The van der Waals surface area contributed by atoms with Gasteiger partial charge in [0.2, 0.25) is 0 Å². The van der Waals surface area contributed by atoms with Gasteiger partial charge in [-0.05, 0) is 45.9 Å². The van der Waals surface area contributed by atoms with Gasteiger partial charge < -0.3 is 5.73 Å². The quantitative estimate of drug-likeness (QED) is 0.828. The lowest BCUT2D eigenvalue weighted by atomic mass is 10.3. The minimum absolute atomic E-state index is 0.186. The molecule has 0 saturated carbocycles. The molecule has 0 amide bonds. The third-order valence-corrected chi connectivity index (χ3v) is 6.89. The van der Waals surface area contributed by atoms with E-state index in [0.717, 1.165) is 0 Å². The van der Waals surface area contributed by atoms with Gasteiger partial charge in [0.15, 0.2) is 0 Å². The van der Waals surface area contributed by atoms with Gasteiger partial charge in [-0.2, -0.15) is 0 Å². The molecule has 0 aliphatic rings. The van der Waals surface area contributed by atoms with E-state index in [9.17, 15) is 8.42 Å². The summed E-state index contributed by atoms with van der Waals surface area (Å²) < 4.78 is 28.0. The number of hydrogen-bond donors (Lipinski definition) is 2. The Hall–Kier alpha value is -0.600. The van der Waals surface area contributed by atoms with Gasteiger partial charge in [0, 0.05) is 11.4 Å². The van der Waals surface area contributed by atoms with Gasteiger partial charge in [-0.25, -0.2) is 8.42 Å². The summed E-state index contributed by atoms with van der Waals surface area (Å²) in [5.74, 6) is 0. The molecular weight excluding hydrogens is 384 g/mol. The van der Waals surface area contributed by atoms with E-state index in [0.29, 0.717) is 25.6 Å². The highest BCUT2D eigenvalue weighted by Crippen LogP contribution is 2.33. The largest absolute Gasteiger partial charge is 0.326 e. The number of thiophene rings is 1. The number of nitrogens with two attached hydrogens (primary N) is 1. The second kappa shape index (κ2) is 6.03. The first kappa shape index (κ1) is 15.8. The van der Waals surface area contributed by atoms with E-state index in [1.54, 1.807) is 30.5 Å². The smallest absolute Gasteiger partial charge is 0.263 e. The summed E-state index contributed by atoms with van der Waals surface area (Å²) in [6.45, 7) is 1.93. The topological polar surface area (TPSA) is 72.2 Å². The molecule has 0 saturated heterocycles. The Morgan fingerprint density at radius 1 is 1.45 bits per heavy atom. The Labute approximate surface area is 135 Å². The van der Waals surface area contributed by atoms with E-state index < -0.39 is 10.0 Å². The fourth-order valence-corrected chi connectivity index (χ4v) is 5.21. The maximum absolute atomic E-state index is 12.5. The molecule has 2 aromatic rings. The van der Waals surface area contributed by atoms with Crippen molar-refractivity contribution in [3.8, 4) is 0 Å². The molecule has 0 radical (unpaired) electrons. The van der Waals surface area contributed by atoms with Gasteiger partial charge >= 0.3 is 0 Å². The van der Waals surface area contributed by atoms with Crippen LogP contribution in [0.4, 0.5) is 5.69 Å². The minimum atomic E-state index is -3.69. The van der Waals surface area contributed by atoms with Crippen molar-refractivity contribution in [2.75, 3.05) is 4.72 Å². The molecule has 1 aromatic carbocycles. The van der Waals surface area contributed by atoms with E-state index in [-0.39, 0.29) is 11.4 Å². The molecule has 0 fully saturated rings. The van der Waals surface area contributed by atoms with Crippen LogP contribution in [0.1, 0.15) is 10.4 Å². The number of benzene rings is 1. The number of hydrogen-bond acceptors (Lipinski definition) is 4. The lowest BCUT2D eigenvalue weighted by Gasteiger charge is -2.11. The predicted octanol–water partition coefficient (Wildman–Crippen LogP) is 3.73. The Morgan fingerprint density at radius 2 is 2.15 bits per heavy atom. The first-order valence-electron chi connectivity index (χ1n) is 5.60. The summed E-state index contributed by atoms with van der Waals surface area (Å²) in [6.07, 6.45) is 0. The van der Waals surface area contributed by atoms with Crippen LogP contribution in [-0.2, 0) is 16.6 Å². The summed E-state index contributed by atoms with van der Waals surface area (Å²) in [5.41, 5.74) is 6.67. The molecule has 0 atom stereocenters. The van der Waals surface area contributed by atoms with Gasteiger partial charge in [0.05, 0.1) is 15.2 Å². The van der Waals surface area contributed by atoms with Crippen LogP contribution >= 0.6 is 38.9 Å². The van der Waals surface area contributed by atoms with Gasteiger partial charge in [0.25, 0.3) is 10.0 Å². The molecular formula is C12H12BrClN2O2S2. The van der Waals surface area contributed by atoms with Crippen molar-refractivity contribution in [1.82, 2.24) is 0 Å². The fourth-order valence-electron chi connectivity index (χ4n) is 1.77. The molecule has 0 aliphatic heterocycles. The number of nitrogens with one attached hydrogen (secondary N) is 1. The first-order valence-corrected chi connectivity index (χ1v) is 9.14. The van der Waals surface area contributed by atoms with Crippen molar-refractivity contribution in [3.05, 3.63) is 43.5 Å². The SMILES string of the molecule is Cc1csc(CN)c1S(=O)(=O)Nc1cccc(Cl)c1Br. The second-order valence-electron chi connectivity index (χ2n) is 4.08. The average molecular weight is 396 g/mol. The number of rotatable bonds is 4. The molecule has 0 bridgehead atoms. The minimum Gasteiger partial charge on any atom is -0.326 e. The van der Waals surface area contributed by atoms with Crippen molar-refractivity contribution >= 4 is 54.6 Å². The highest BCUT2D eigenvalue weighted by Gasteiger charge is 2.23. The van der Waals surface area contributed by atoms with Crippen LogP contribution < -0.4 is 10.5 Å². The van der Waals surface area contributed by atoms with Crippen LogP contribution in [-0.4, -0.2) is 8.42 Å². The number of halogens is 2. The van der Waals surface area contributed by atoms with Crippen LogP contribution in [0.25, 0.3) is 0 Å². The lowest BCUT2D eigenvalue weighted by Crippen LogP contribution is -2.16. The molecule has 108 valence electrons. The van der Waals surface area contributed by atoms with Crippen LogP contribution in [0.3, 0.4) is 0 Å². The maximum Gasteiger partial charge on any atom is 0.263 e. The standard InChI is InChI=1S/C12H12BrClN2O2S2/c1-7-6-19-10(5-15)12(7)20(17,18)16-9-4-2-3-8(14)11(9)13/h2-4,6,16H,5,15H2,1H3. The third-order valence-electron chi connectivity index (χ3n) is 2.64. The van der Waals surface area contributed by atoms with Crippen LogP contribution in [0, 0.1) is 6.92 Å². The number of anilines is 1. The average Bonchev–Trinajstić information content (AvgIpc) is 2.77. The molecule has 2 rings (SSSR count). The van der Waals surface area contributed by atoms with Gasteiger partial charge in [0.1, 0.15) is 4.90 Å². The molecule has 4 nitrogen and oxygen atoms in total. The molecule has 8 heteroatoms. The van der Waals surface area contributed by atoms with Crippen molar-refractivity contribution in [3.63, 3.8) is 0 Å². The van der Waals surface area contributed by atoms with Crippen molar-refractivity contribution in [2.45, 2.75) is 18.4 Å². The highest BCUT2D eigenvalue weighted by atomic mass is 79.9. The zero-order chi connectivity index (χ0) is 14.9. The molecule has 1 aromatic heterocycles. The zero-order valence-electron chi connectivity index (χ0n) is 10.5. The number of aryl methyl sites for hydroxylation is 1. The Kier molecular flexibility index (Phi) is 4.76. The van der Waals surface area contributed by atoms with E-state index in [1.165, 1.54) is 11.3 Å². The van der Waals surface area contributed by atoms with E-state index in [2.05, 4.69) is 20.7 Å². The van der Waals surface area contributed by atoms with Crippen molar-refractivity contribution in [2.24, 2.45) is 5.73 Å². The zero-order valence-corrected chi connectivity index (χ0v) is 14.5. The van der Waals surface area contributed by atoms with E-state index >= 15 is 0 Å². The van der Waals surface area contributed by atoms with Crippen LogP contribution in [0.15, 0.2) is 32.9 Å². The molecule has 1 heterocycles.